The number of nitrogens with zero attached hydrogens (tertiary/aromatic N) is 1. The molecule has 33 heavy (non-hydrogen) atoms. The van der Waals surface area contributed by atoms with Crippen LogP contribution in [0.1, 0.15) is 55.1 Å². The Bertz CT molecular complexity index is 985. The molecule has 0 bridgehead atoms. The van der Waals surface area contributed by atoms with E-state index in [0.29, 0.717) is 35.1 Å². The Hall–Kier alpha value is -3.06. The van der Waals surface area contributed by atoms with E-state index >= 15 is 0 Å². The zero-order valence-electron chi connectivity index (χ0n) is 19.7. The number of carbonyl (C=O) groups excluding carboxylic acids is 3. The Kier molecular flexibility index (Phi) is 9.73. The van der Waals surface area contributed by atoms with Crippen LogP contribution < -0.4 is 10.1 Å². The molecule has 0 unspecified atom stereocenters. The van der Waals surface area contributed by atoms with E-state index in [1.165, 1.54) is 0 Å². The summed E-state index contributed by atoms with van der Waals surface area (Å²) in [4.78, 5) is 38.2. The minimum atomic E-state index is -0.660. The summed E-state index contributed by atoms with van der Waals surface area (Å²) in [6.07, 6.45) is 0. The van der Waals surface area contributed by atoms with Crippen molar-refractivity contribution in [1.82, 2.24) is 4.90 Å². The van der Waals surface area contributed by atoms with E-state index in [1.807, 2.05) is 40.7 Å². The first-order chi connectivity index (χ1) is 15.7. The first-order valence-electron chi connectivity index (χ1n) is 10.9. The second-order valence-electron chi connectivity index (χ2n) is 7.85. The van der Waals surface area contributed by atoms with E-state index in [9.17, 15) is 14.4 Å². The molecule has 178 valence electrons. The molecule has 0 fully saturated rings. The predicted octanol–water partition coefficient (Wildman–Crippen LogP) is 4.81. The fraction of sp³-hybridized carbons (Fsp3) is 0.400. The average Bonchev–Trinajstić information content (AvgIpc) is 2.79. The predicted molar refractivity (Wildman–Crippen MR) is 129 cm³/mol. The molecule has 8 heteroatoms. The highest BCUT2D eigenvalue weighted by Crippen LogP contribution is 2.32. The lowest BCUT2D eigenvalue weighted by Gasteiger charge is -2.18. The van der Waals surface area contributed by atoms with Crippen molar-refractivity contribution in [3.8, 4) is 5.75 Å². The number of aryl methyl sites for hydroxylation is 1. The number of benzene rings is 2. The van der Waals surface area contributed by atoms with Crippen molar-refractivity contribution in [2.45, 2.75) is 40.5 Å². The molecule has 0 heterocycles. The average molecular weight is 475 g/mol. The molecule has 0 saturated heterocycles. The van der Waals surface area contributed by atoms with Gasteiger partial charge in [-0.05, 0) is 74.2 Å². The summed E-state index contributed by atoms with van der Waals surface area (Å²) in [5, 5.41) is 3.27. The molecule has 1 N–H and O–H groups in total. The third-order valence-electron chi connectivity index (χ3n) is 5.09. The van der Waals surface area contributed by atoms with Gasteiger partial charge in [-0.15, -0.1) is 0 Å². The van der Waals surface area contributed by atoms with E-state index in [0.717, 1.165) is 11.1 Å². The maximum absolute atomic E-state index is 12.3. The van der Waals surface area contributed by atoms with Crippen molar-refractivity contribution in [3.05, 3.63) is 58.1 Å². The van der Waals surface area contributed by atoms with Crippen molar-refractivity contribution in [3.63, 3.8) is 0 Å². The number of hydrogen-bond donors (Lipinski definition) is 1. The standard InChI is InChI=1S/C25H31ClN2O5/c1-6-28(7-2)25(31)18-8-10-19(11-9-18)27-23(29)14-33-24(30)15-32-22-12-17(5)21(26)13-20(22)16(3)4/h8-13,16H,6-7,14-15H2,1-5H3,(H,27,29). The van der Waals surface area contributed by atoms with Crippen LogP contribution in [0.25, 0.3) is 0 Å². The van der Waals surface area contributed by atoms with Crippen molar-refractivity contribution in [1.29, 1.82) is 0 Å². The third kappa shape index (κ3) is 7.49. The van der Waals surface area contributed by atoms with Gasteiger partial charge < -0.3 is 19.7 Å². The Morgan fingerprint density at radius 1 is 1.03 bits per heavy atom. The van der Waals surface area contributed by atoms with E-state index in [1.54, 1.807) is 35.2 Å². The number of ether oxygens (including phenoxy) is 2. The van der Waals surface area contributed by atoms with Crippen LogP contribution in [0.5, 0.6) is 5.75 Å². The van der Waals surface area contributed by atoms with Gasteiger partial charge in [-0.3, -0.25) is 9.59 Å². The lowest BCUT2D eigenvalue weighted by Crippen LogP contribution is -2.30. The van der Waals surface area contributed by atoms with E-state index in [2.05, 4.69) is 5.32 Å². The first-order valence-corrected chi connectivity index (χ1v) is 11.3. The Morgan fingerprint density at radius 3 is 2.24 bits per heavy atom. The molecular weight excluding hydrogens is 444 g/mol. The fourth-order valence-corrected chi connectivity index (χ4v) is 3.33. The van der Waals surface area contributed by atoms with Crippen LogP contribution in [-0.2, 0) is 14.3 Å². The fourth-order valence-electron chi connectivity index (χ4n) is 3.16. The highest BCUT2D eigenvalue weighted by atomic mass is 35.5. The zero-order chi connectivity index (χ0) is 24.5. The van der Waals surface area contributed by atoms with Crippen LogP contribution in [0.15, 0.2) is 36.4 Å². The lowest BCUT2D eigenvalue weighted by molar-refractivity contribution is -0.149. The van der Waals surface area contributed by atoms with Gasteiger partial charge in [-0.1, -0.05) is 25.4 Å². The van der Waals surface area contributed by atoms with Crippen LogP contribution >= 0.6 is 11.6 Å². The van der Waals surface area contributed by atoms with Gasteiger partial charge in [0.2, 0.25) is 0 Å². The zero-order valence-corrected chi connectivity index (χ0v) is 20.5. The summed E-state index contributed by atoms with van der Waals surface area (Å²) >= 11 is 6.18. The van der Waals surface area contributed by atoms with Crippen molar-refractivity contribution in [2.24, 2.45) is 0 Å². The summed E-state index contributed by atoms with van der Waals surface area (Å²) < 4.78 is 10.6. The van der Waals surface area contributed by atoms with Gasteiger partial charge in [0.25, 0.3) is 11.8 Å². The molecule has 2 amide bonds. The van der Waals surface area contributed by atoms with Gasteiger partial charge in [0.05, 0.1) is 0 Å². The van der Waals surface area contributed by atoms with Crippen molar-refractivity contribution < 1.29 is 23.9 Å². The molecule has 0 aliphatic rings. The molecular formula is C25H31ClN2O5. The molecule has 0 radical (unpaired) electrons. The molecule has 2 aromatic carbocycles. The van der Waals surface area contributed by atoms with E-state index in [-0.39, 0.29) is 18.4 Å². The molecule has 7 nitrogen and oxygen atoms in total. The lowest BCUT2D eigenvalue weighted by atomic mass is 10.0. The summed E-state index contributed by atoms with van der Waals surface area (Å²) in [5.74, 6) is -0.492. The minimum Gasteiger partial charge on any atom is -0.482 e. The highest BCUT2D eigenvalue weighted by Gasteiger charge is 2.15. The molecule has 2 aromatic rings. The normalized spacial score (nSPS) is 10.6. The van der Waals surface area contributed by atoms with Gasteiger partial charge >= 0.3 is 5.97 Å². The number of anilines is 1. The molecule has 0 atom stereocenters. The second-order valence-corrected chi connectivity index (χ2v) is 8.25. The monoisotopic (exact) mass is 474 g/mol. The third-order valence-corrected chi connectivity index (χ3v) is 5.50. The number of hydrogen-bond acceptors (Lipinski definition) is 5. The molecule has 0 saturated carbocycles. The second kappa shape index (κ2) is 12.3. The van der Waals surface area contributed by atoms with Gasteiger partial charge in [-0.2, -0.15) is 0 Å². The first kappa shape index (κ1) is 26.2. The van der Waals surface area contributed by atoms with Crippen LogP contribution in [0.4, 0.5) is 5.69 Å². The van der Waals surface area contributed by atoms with E-state index in [4.69, 9.17) is 21.1 Å². The number of esters is 1. The number of rotatable bonds is 10. The Balaban J connectivity index is 1.85. The summed E-state index contributed by atoms with van der Waals surface area (Å²) in [7, 11) is 0. The number of amides is 2. The minimum absolute atomic E-state index is 0.0664. The number of halogens is 1. The Morgan fingerprint density at radius 2 is 1.67 bits per heavy atom. The molecule has 0 aliphatic heterocycles. The van der Waals surface area contributed by atoms with Crippen LogP contribution in [0.2, 0.25) is 5.02 Å². The highest BCUT2D eigenvalue weighted by molar-refractivity contribution is 6.31. The topological polar surface area (TPSA) is 84.9 Å². The van der Waals surface area contributed by atoms with Crippen LogP contribution in [0.3, 0.4) is 0 Å². The molecule has 0 aromatic heterocycles. The Labute approximate surface area is 200 Å². The summed E-state index contributed by atoms with van der Waals surface area (Å²) in [6.45, 7) is 10.2. The molecule has 0 aliphatic carbocycles. The van der Waals surface area contributed by atoms with Gasteiger partial charge in [0.15, 0.2) is 13.2 Å². The SMILES string of the molecule is CCN(CC)C(=O)c1ccc(NC(=O)COC(=O)COc2cc(C)c(Cl)cc2C(C)C)cc1. The van der Waals surface area contributed by atoms with Gasteiger partial charge in [0, 0.05) is 29.4 Å². The molecule has 0 spiro atoms. The number of carbonyl (C=O) groups is 3. The smallest absolute Gasteiger partial charge is 0.344 e. The molecule has 2 rings (SSSR count). The quantitative estimate of drug-likeness (QED) is 0.499. The largest absolute Gasteiger partial charge is 0.482 e. The van der Waals surface area contributed by atoms with Crippen molar-refractivity contribution >= 4 is 35.1 Å². The van der Waals surface area contributed by atoms with Gasteiger partial charge in [-0.25, -0.2) is 4.79 Å². The van der Waals surface area contributed by atoms with Crippen LogP contribution in [-0.4, -0.2) is 49.0 Å². The van der Waals surface area contributed by atoms with Crippen LogP contribution in [0, 0.1) is 6.92 Å². The maximum Gasteiger partial charge on any atom is 0.344 e. The summed E-state index contributed by atoms with van der Waals surface area (Å²) in [5.41, 5.74) is 2.77. The van der Waals surface area contributed by atoms with Gasteiger partial charge in [0.1, 0.15) is 5.75 Å². The summed E-state index contributed by atoms with van der Waals surface area (Å²) in [6, 6.07) is 10.2. The van der Waals surface area contributed by atoms with E-state index < -0.39 is 18.5 Å². The van der Waals surface area contributed by atoms with Crippen molar-refractivity contribution in [2.75, 3.05) is 31.6 Å². The number of nitrogens with one attached hydrogen (secondary N) is 1. The maximum atomic E-state index is 12.3.